The van der Waals surface area contributed by atoms with Crippen LogP contribution in [0.4, 0.5) is 4.79 Å². The van der Waals surface area contributed by atoms with Crippen LogP contribution in [0.5, 0.6) is 0 Å². The fraction of sp³-hybridized carbons (Fsp3) is 0.650. The van der Waals surface area contributed by atoms with Crippen LogP contribution in [-0.2, 0) is 22.9 Å². The van der Waals surface area contributed by atoms with Crippen molar-refractivity contribution in [2.24, 2.45) is 11.8 Å². The number of hydrogen-bond donors (Lipinski definition) is 2. The molecule has 0 spiro atoms. The highest BCUT2D eigenvalue weighted by Gasteiger charge is 2.22. The fourth-order valence-corrected chi connectivity index (χ4v) is 3.77. The van der Waals surface area contributed by atoms with E-state index in [0.29, 0.717) is 24.8 Å². The lowest BCUT2D eigenvalue weighted by Crippen LogP contribution is -2.45. The number of sulfonamides is 1. The Morgan fingerprint density at radius 1 is 1.15 bits per heavy atom. The Morgan fingerprint density at radius 2 is 1.74 bits per heavy atom. The van der Waals surface area contributed by atoms with Gasteiger partial charge in [0, 0.05) is 26.2 Å². The van der Waals surface area contributed by atoms with Gasteiger partial charge in [0.05, 0.1) is 6.26 Å². The molecule has 1 aliphatic rings. The van der Waals surface area contributed by atoms with E-state index in [1.54, 1.807) is 0 Å². The normalized spacial score (nSPS) is 15.9. The summed E-state index contributed by atoms with van der Waals surface area (Å²) in [7, 11) is -3.12. The van der Waals surface area contributed by atoms with Crippen LogP contribution in [0.2, 0.25) is 0 Å². The monoisotopic (exact) mass is 395 g/mol. The molecule has 1 aliphatic heterocycles. The summed E-state index contributed by atoms with van der Waals surface area (Å²) in [5, 5.41) is 2.99. The van der Waals surface area contributed by atoms with E-state index in [2.05, 4.69) is 48.2 Å². The SMILES string of the molecule is CC(C)CNC(=O)N1CCC(Cc2ccc(CCNS(C)(=O)=O)cc2)CC1. The maximum absolute atomic E-state index is 12.1. The van der Waals surface area contributed by atoms with E-state index in [1.807, 2.05) is 4.90 Å². The van der Waals surface area contributed by atoms with Gasteiger partial charge in [-0.25, -0.2) is 17.9 Å². The minimum atomic E-state index is -3.12. The van der Waals surface area contributed by atoms with Crippen LogP contribution in [0, 0.1) is 11.8 Å². The minimum Gasteiger partial charge on any atom is -0.338 e. The molecule has 0 radical (unpaired) electrons. The maximum atomic E-state index is 12.1. The van der Waals surface area contributed by atoms with Crippen LogP contribution < -0.4 is 10.0 Å². The van der Waals surface area contributed by atoms with Crippen molar-refractivity contribution in [3.05, 3.63) is 35.4 Å². The van der Waals surface area contributed by atoms with Gasteiger partial charge in [0.15, 0.2) is 0 Å². The summed E-state index contributed by atoms with van der Waals surface area (Å²) < 4.78 is 24.7. The molecule has 2 amide bonds. The molecule has 1 fully saturated rings. The van der Waals surface area contributed by atoms with Gasteiger partial charge < -0.3 is 10.2 Å². The molecule has 2 rings (SSSR count). The van der Waals surface area contributed by atoms with Crippen LogP contribution in [0.1, 0.15) is 37.8 Å². The summed E-state index contributed by atoms with van der Waals surface area (Å²) in [4.78, 5) is 14.1. The van der Waals surface area contributed by atoms with Gasteiger partial charge in [-0.05, 0) is 48.6 Å². The second kappa shape index (κ2) is 10.1. The van der Waals surface area contributed by atoms with Gasteiger partial charge in [0.25, 0.3) is 0 Å². The molecule has 1 aromatic carbocycles. The molecular weight excluding hydrogens is 362 g/mol. The van der Waals surface area contributed by atoms with Crippen LogP contribution in [0.3, 0.4) is 0 Å². The quantitative estimate of drug-likeness (QED) is 0.709. The van der Waals surface area contributed by atoms with Gasteiger partial charge in [-0.2, -0.15) is 0 Å². The summed E-state index contributed by atoms with van der Waals surface area (Å²) in [6.07, 6.45) is 4.97. The molecule has 6 nitrogen and oxygen atoms in total. The molecule has 0 aliphatic carbocycles. The lowest BCUT2D eigenvalue weighted by atomic mass is 9.90. The molecule has 0 saturated carbocycles. The van der Waals surface area contributed by atoms with E-state index in [9.17, 15) is 13.2 Å². The average molecular weight is 396 g/mol. The number of amides is 2. The Balaban J connectivity index is 1.73. The number of urea groups is 1. The molecule has 152 valence electrons. The number of carbonyl (C=O) groups excluding carboxylic acids is 1. The molecule has 27 heavy (non-hydrogen) atoms. The highest BCUT2D eigenvalue weighted by atomic mass is 32.2. The van der Waals surface area contributed by atoms with Crippen molar-refractivity contribution in [1.29, 1.82) is 0 Å². The van der Waals surface area contributed by atoms with Crippen molar-refractivity contribution in [3.63, 3.8) is 0 Å². The Morgan fingerprint density at radius 3 is 2.30 bits per heavy atom. The predicted octanol–water partition coefficient (Wildman–Crippen LogP) is 2.40. The molecule has 1 aromatic rings. The van der Waals surface area contributed by atoms with E-state index in [1.165, 1.54) is 11.8 Å². The molecule has 1 heterocycles. The number of rotatable bonds is 8. The second-order valence-electron chi connectivity index (χ2n) is 7.95. The van der Waals surface area contributed by atoms with E-state index in [-0.39, 0.29) is 6.03 Å². The largest absolute Gasteiger partial charge is 0.338 e. The van der Waals surface area contributed by atoms with E-state index in [4.69, 9.17) is 0 Å². The van der Waals surface area contributed by atoms with Crippen molar-refractivity contribution in [2.75, 3.05) is 32.4 Å². The highest BCUT2D eigenvalue weighted by molar-refractivity contribution is 7.88. The lowest BCUT2D eigenvalue weighted by Gasteiger charge is -2.32. The summed E-state index contributed by atoms with van der Waals surface area (Å²) >= 11 is 0. The summed E-state index contributed by atoms with van der Waals surface area (Å²) in [5.41, 5.74) is 2.43. The van der Waals surface area contributed by atoms with Crippen molar-refractivity contribution in [1.82, 2.24) is 14.9 Å². The third-order valence-corrected chi connectivity index (χ3v) is 5.62. The second-order valence-corrected chi connectivity index (χ2v) is 9.78. The third kappa shape index (κ3) is 8.30. The smallest absolute Gasteiger partial charge is 0.317 e. The average Bonchev–Trinajstić information content (AvgIpc) is 2.61. The minimum absolute atomic E-state index is 0.0641. The van der Waals surface area contributed by atoms with Gasteiger partial charge in [-0.3, -0.25) is 0 Å². The number of carbonyl (C=O) groups is 1. The molecule has 0 bridgehead atoms. The summed E-state index contributed by atoms with van der Waals surface area (Å²) in [5.74, 6) is 1.08. The lowest BCUT2D eigenvalue weighted by molar-refractivity contribution is 0.169. The van der Waals surface area contributed by atoms with Crippen molar-refractivity contribution >= 4 is 16.1 Å². The number of nitrogens with one attached hydrogen (secondary N) is 2. The standard InChI is InChI=1S/C20H33N3O3S/c1-16(2)15-21-20(24)23-12-9-19(10-13-23)14-18-6-4-17(5-7-18)8-11-22-27(3,25)26/h4-7,16,19,22H,8-15H2,1-3H3,(H,21,24). The molecule has 0 atom stereocenters. The van der Waals surface area contributed by atoms with Crippen molar-refractivity contribution in [2.45, 2.75) is 39.5 Å². The molecule has 7 heteroatoms. The predicted molar refractivity (Wildman–Crippen MR) is 109 cm³/mol. The maximum Gasteiger partial charge on any atom is 0.317 e. The van der Waals surface area contributed by atoms with Crippen LogP contribution >= 0.6 is 0 Å². The zero-order valence-corrected chi connectivity index (χ0v) is 17.5. The van der Waals surface area contributed by atoms with Crippen LogP contribution in [-0.4, -0.2) is 51.8 Å². The Labute approximate surface area is 163 Å². The van der Waals surface area contributed by atoms with Crippen LogP contribution in [0.25, 0.3) is 0 Å². The van der Waals surface area contributed by atoms with E-state index < -0.39 is 10.0 Å². The molecule has 0 aromatic heterocycles. The summed E-state index contributed by atoms with van der Waals surface area (Å²) in [6.45, 7) is 6.99. The first-order valence-corrected chi connectivity index (χ1v) is 11.7. The molecular formula is C20H33N3O3S. The van der Waals surface area contributed by atoms with Gasteiger partial charge in [0.1, 0.15) is 0 Å². The highest BCUT2D eigenvalue weighted by Crippen LogP contribution is 2.22. The number of likely N-dealkylation sites (tertiary alicyclic amines) is 1. The Hall–Kier alpha value is -1.60. The van der Waals surface area contributed by atoms with Gasteiger partial charge in [0.2, 0.25) is 10.0 Å². The third-order valence-electron chi connectivity index (χ3n) is 4.89. The fourth-order valence-electron chi connectivity index (χ4n) is 3.30. The first-order chi connectivity index (χ1) is 12.7. The van der Waals surface area contributed by atoms with E-state index >= 15 is 0 Å². The topological polar surface area (TPSA) is 78.5 Å². The number of nitrogens with zero attached hydrogens (tertiary/aromatic N) is 1. The van der Waals surface area contributed by atoms with E-state index in [0.717, 1.165) is 44.5 Å². The molecule has 2 N–H and O–H groups in total. The van der Waals surface area contributed by atoms with Crippen LogP contribution in [0.15, 0.2) is 24.3 Å². The Kier molecular flexibility index (Phi) is 8.10. The van der Waals surface area contributed by atoms with Gasteiger partial charge in [-0.15, -0.1) is 0 Å². The number of hydrogen-bond acceptors (Lipinski definition) is 3. The van der Waals surface area contributed by atoms with Gasteiger partial charge in [-0.1, -0.05) is 38.1 Å². The zero-order valence-electron chi connectivity index (χ0n) is 16.7. The number of piperidine rings is 1. The zero-order chi connectivity index (χ0) is 19.9. The molecule has 1 saturated heterocycles. The Bertz CT molecular complexity index is 694. The van der Waals surface area contributed by atoms with Gasteiger partial charge >= 0.3 is 6.03 Å². The first-order valence-electron chi connectivity index (χ1n) is 9.78. The number of benzene rings is 1. The molecule has 0 unspecified atom stereocenters. The first kappa shape index (κ1) is 21.7. The van der Waals surface area contributed by atoms with Crippen molar-refractivity contribution in [3.8, 4) is 0 Å². The van der Waals surface area contributed by atoms with Crippen molar-refractivity contribution < 1.29 is 13.2 Å². The summed E-state index contributed by atoms with van der Waals surface area (Å²) in [6, 6.07) is 8.49.